The molecule has 1 aliphatic rings. The molecule has 4 heteroatoms. The van der Waals surface area contributed by atoms with Gasteiger partial charge in [0.15, 0.2) is 0 Å². The lowest BCUT2D eigenvalue weighted by Crippen LogP contribution is -2.40. The van der Waals surface area contributed by atoms with Gasteiger partial charge >= 0.3 is 0 Å². The highest BCUT2D eigenvalue weighted by molar-refractivity contribution is 14.1. The monoisotopic (exact) mass is 420 g/mol. The second kappa shape index (κ2) is 7.93. The Morgan fingerprint density at radius 1 is 1.13 bits per heavy atom. The summed E-state index contributed by atoms with van der Waals surface area (Å²) in [7, 11) is 0. The van der Waals surface area contributed by atoms with Gasteiger partial charge in [-0.05, 0) is 71.8 Å². The lowest BCUT2D eigenvalue weighted by Gasteiger charge is -2.32. The number of nitrogens with one attached hydrogen (secondary N) is 1. The fraction of sp³-hybridized carbons (Fsp3) is 0.316. The minimum Gasteiger partial charge on any atom is -0.326 e. The van der Waals surface area contributed by atoms with E-state index in [1.54, 1.807) is 0 Å². The van der Waals surface area contributed by atoms with E-state index in [1.165, 1.54) is 9.13 Å². The van der Waals surface area contributed by atoms with E-state index in [0.29, 0.717) is 0 Å². The number of benzene rings is 2. The summed E-state index contributed by atoms with van der Waals surface area (Å²) in [6, 6.07) is 18.4. The lowest BCUT2D eigenvalue weighted by atomic mass is 9.96. The molecule has 1 amide bonds. The molecule has 3 nitrogen and oxygen atoms in total. The van der Waals surface area contributed by atoms with Crippen LogP contribution >= 0.6 is 22.6 Å². The van der Waals surface area contributed by atoms with Gasteiger partial charge < -0.3 is 5.32 Å². The predicted molar refractivity (Wildman–Crippen MR) is 102 cm³/mol. The Balaban J connectivity index is 1.57. The van der Waals surface area contributed by atoms with E-state index in [-0.39, 0.29) is 11.8 Å². The van der Waals surface area contributed by atoms with Crippen molar-refractivity contribution in [3.63, 3.8) is 0 Å². The van der Waals surface area contributed by atoms with Gasteiger partial charge in [-0.15, -0.1) is 0 Å². The third-order valence-electron chi connectivity index (χ3n) is 4.24. The van der Waals surface area contributed by atoms with E-state index in [9.17, 15) is 4.79 Å². The van der Waals surface area contributed by atoms with E-state index in [2.05, 4.69) is 57.1 Å². The average molecular weight is 420 g/mol. The fourth-order valence-electron chi connectivity index (χ4n) is 3.03. The van der Waals surface area contributed by atoms with Crippen LogP contribution < -0.4 is 5.32 Å². The van der Waals surface area contributed by atoms with Gasteiger partial charge in [0.2, 0.25) is 5.91 Å². The summed E-state index contributed by atoms with van der Waals surface area (Å²) in [5.41, 5.74) is 2.20. The van der Waals surface area contributed by atoms with Crippen LogP contribution in [0, 0.1) is 9.49 Å². The summed E-state index contributed by atoms with van der Waals surface area (Å²) in [5, 5.41) is 3.05. The Bertz CT molecular complexity index is 642. The van der Waals surface area contributed by atoms with Gasteiger partial charge in [0, 0.05) is 22.3 Å². The van der Waals surface area contributed by atoms with Crippen molar-refractivity contribution in [1.82, 2.24) is 4.90 Å². The van der Waals surface area contributed by atoms with Crippen LogP contribution in [0.5, 0.6) is 0 Å². The van der Waals surface area contributed by atoms with Crippen molar-refractivity contribution in [2.45, 2.75) is 19.4 Å². The van der Waals surface area contributed by atoms with Crippen LogP contribution in [0.15, 0.2) is 54.6 Å². The number of carbonyl (C=O) groups excluding carboxylic acids is 1. The first-order valence-corrected chi connectivity index (χ1v) is 9.11. The number of rotatable bonds is 4. The van der Waals surface area contributed by atoms with Gasteiger partial charge in [0.25, 0.3) is 0 Å². The van der Waals surface area contributed by atoms with Crippen LogP contribution in [0.3, 0.4) is 0 Å². The smallest absolute Gasteiger partial charge is 0.228 e. The summed E-state index contributed by atoms with van der Waals surface area (Å²) < 4.78 is 1.17. The first kappa shape index (κ1) is 16.5. The van der Waals surface area contributed by atoms with Crippen molar-refractivity contribution in [2.24, 2.45) is 5.92 Å². The molecule has 0 spiro atoms. The van der Waals surface area contributed by atoms with Crippen LogP contribution in [0.1, 0.15) is 18.4 Å². The van der Waals surface area contributed by atoms with Crippen LogP contribution in [0.4, 0.5) is 5.69 Å². The molecule has 0 radical (unpaired) electrons. The SMILES string of the molecule is O=C(Nc1ccc(I)cc1)C1CCCN(Cc2ccccc2)C1. The van der Waals surface area contributed by atoms with Crippen molar-refractivity contribution in [3.8, 4) is 0 Å². The predicted octanol–water partition coefficient (Wildman–Crippen LogP) is 4.14. The minimum absolute atomic E-state index is 0.0757. The Morgan fingerprint density at radius 3 is 2.61 bits per heavy atom. The van der Waals surface area contributed by atoms with Crippen molar-refractivity contribution in [2.75, 3.05) is 18.4 Å². The first-order valence-electron chi connectivity index (χ1n) is 8.03. The number of amides is 1. The van der Waals surface area contributed by atoms with Gasteiger partial charge in [0.05, 0.1) is 5.92 Å². The third-order valence-corrected chi connectivity index (χ3v) is 4.96. The van der Waals surface area contributed by atoms with Crippen molar-refractivity contribution < 1.29 is 4.79 Å². The molecule has 2 aromatic carbocycles. The highest BCUT2D eigenvalue weighted by Crippen LogP contribution is 2.21. The Morgan fingerprint density at radius 2 is 1.87 bits per heavy atom. The number of nitrogens with zero attached hydrogens (tertiary/aromatic N) is 1. The van der Waals surface area contributed by atoms with Gasteiger partial charge in [0.1, 0.15) is 0 Å². The van der Waals surface area contributed by atoms with Crippen molar-refractivity contribution in [3.05, 3.63) is 63.7 Å². The molecule has 0 bridgehead atoms. The molecule has 1 saturated heterocycles. The number of halogens is 1. The topological polar surface area (TPSA) is 32.3 Å². The molecule has 1 N–H and O–H groups in total. The number of hydrogen-bond acceptors (Lipinski definition) is 2. The van der Waals surface area contributed by atoms with E-state index in [4.69, 9.17) is 0 Å². The zero-order valence-electron chi connectivity index (χ0n) is 13.0. The molecule has 1 atom stereocenters. The van der Waals surface area contributed by atoms with Crippen LogP contribution in [-0.4, -0.2) is 23.9 Å². The van der Waals surface area contributed by atoms with Gasteiger partial charge in [-0.1, -0.05) is 30.3 Å². The second-order valence-electron chi connectivity index (χ2n) is 6.06. The molecule has 1 heterocycles. The zero-order valence-corrected chi connectivity index (χ0v) is 15.2. The third kappa shape index (κ3) is 4.78. The van der Waals surface area contributed by atoms with Gasteiger partial charge in [-0.2, -0.15) is 0 Å². The molecule has 1 fully saturated rings. The molecule has 0 aromatic heterocycles. The lowest BCUT2D eigenvalue weighted by molar-refractivity contribution is -0.121. The van der Waals surface area contributed by atoms with E-state index in [0.717, 1.165) is 38.2 Å². The normalized spacial score (nSPS) is 18.6. The van der Waals surface area contributed by atoms with Crippen LogP contribution in [0.25, 0.3) is 0 Å². The highest BCUT2D eigenvalue weighted by Gasteiger charge is 2.25. The zero-order chi connectivity index (χ0) is 16.1. The molecule has 1 aliphatic heterocycles. The molecule has 3 rings (SSSR count). The first-order chi connectivity index (χ1) is 11.2. The molecule has 120 valence electrons. The molecular weight excluding hydrogens is 399 g/mol. The number of likely N-dealkylation sites (tertiary alicyclic amines) is 1. The van der Waals surface area contributed by atoms with Crippen molar-refractivity contribution in [1.29, 1.82) is 0 Å². The Kier molecular flexibility index (Phi) is 5.67. The molecule has 0 aliphatic carbocycles. The van der Waals surface area contributed by atoms with E-state index < -0.39 is 0 Å². The number of carbonyl (C=O) groups is 1. The minimum atomic E-state index is 0.0757. The highest BCUT2D eigenvalue weighted by atomic mass is 127. The number of anilines is 1. The number of piperidine rings is 1. The maximum absolute atomic E-state index is 12.5. The maximum Gasteiger partial charge on any atom is 0.228 e. The summed E-state index contributed by atoms with van der Waals surface area (Å²) >= 11 is 2.27. The summed E-state index contributed by atoms with van der Waals surface area (Å²) in [6.07, 6.45) is 2.05. The Hall–Kier alpha value is -1.40. The molecule has 2 aromatic rings. The molecule has 1 unspecified atom stereocenters. The average Bonchev–Trinajstić information content (AvgIpc) is 2.58. The maximum atomic E-state index is 12.5. The fourth-order valence-corrected chi connectivity index (χ4v) is 3.39. The van der Waals surface area contributed by atoms with Crippen LogP contribution in [-0.2, 0) is 11.3 Å². The standard InChI is InChI=1S/C19H21IN2O/c20-17-8-10-18(11-9-17)21-19(23)16-7-4-12-22(14-16)13-15-5-2-1-3-6-15/h1-3,5-6,8-11,16H,4,7,12-14H2,(H,21,23). The summed E-state index contributed by atoms with van der Waals surface area (Å²) in [6.45, 7) is 2.83. The Labute approximate surface area is 151 Å². The van der Waals surface area contributed by atoms with E-state index in [1.807, 2.05) is 30.3 Å². The molecular formula is C19H21IN2O. The van der Waals surface area contributed by atoms with E-state index >= 15 is 0 Å². The van der Waals surface area contributed by atoms with Crippen LogP contribution in [0.2, 0.25) is 0 Å². The van der Waals surface area contributed by atoms with Crippen molar-refractivity contribution >= 4 is 34.2 Å². The molecule has 0 saturated carbocycles. The van der Waals surface area contributed by atoms with Gasteiger partial charge in [-0.3, -0.25) is 9.69 Å². The van der Waals surface area contributed by atoms with Gasteiger partial charge in [-0.25, -0.2) is 0 Å². The largest absolute Gasteiger partial charge is 0.326 e. The quantitative estimate of drug-likeness (QED) is 0.755. The summed E-state index contributed by atoms with van der Waals surface area (Å²) in [4.78, 5) is 14.9. The second-order valence-corrected chi connectivity index (χ2v) is 7.30. The number of hydrogen-bond donors (Lipinski definition) is 1. The summed E-state index contributed by atoms with van der Waals surface area (Å²) in [5.74, 6) is 0.218. The molecule has 23 heavy (non-hydrogen) atoms.